The number of benzene rings is 3. The minimum atomic E-state index is -4.07. The highest BCUT2D eigenvalue weighted by Gasteiger charge is 2.32. The number of nitrogens with zero attached hydrogens (tertiary/aromatic N) is 2. The summed E-state index contributed by atoms with van der Waals surface area (Å²) in [6, 6.07) is 20.0. The van der Waals surface area contributed by atoms with Gasteiger partial charge < -0.3 is 10.2 Å². The largest absolute Gasteiger partial charge is 0.357 e. The van der Waals surface area contributed by atoms with Crippen LogP contribution in [0.25, 0.3) is 0 Å². The van der Waals surface area contributed by atoms with E-state index >= 15 is 0 Å². The molecule has 2 amide bonds. The molecule has 9 heteroatoms. The van der Waals surface area contributed by atoms with Crippen LogP contribution in [0.3, 0.4) is 0 Å². The van der Waals surface area contributed by atoms with Crippen LogP contribution >= 0.6 is 15.9 Å². The molecule has 0 aliphatic rings. The van der Waals surface area contributed by atoms with Crippen LogP contribution in [0.2, 0.25) is 0 Å². The first-order chi connectivity index (χ1) is 17.0. The van der Waals surface area contributed by atoms with E-state index in [0.29, 0.717) is 5.69 Å². The molecule has 1 unspecified atom stereocenters. The SMILES string of the molecule is CNC(=O)C(C)N(Cc1ccc(C)cc1)C(=O)CN(c1ccc(Br)cc1)S(=O)(=O)c1ccc(C)cc1. The Labute approximate surface area is 221 Å². The number of hydrogen-bond acceptors (Lipinski definition) is 4. The first kappa shape index (κ1) is 27.4. The van der Waals surface area contributed by atoms with E-state index in [1.54, 1.807) is 43.3 Å². The number of aryl methyl sites for hydroxylation is 2. The lowest BCUT2D eigenvalue weighted by molar-refractivity contribution is -0.139. The van der Waals surface area contributed by atoms with Gasteiger partial charge in [-0.25, -0.2) is 8.42 Å². The third-order valence-corrected chi connectivity index (χ3v) is 8.21. The molecule has 0 radical (unpaired) electrons. The van der Waals surface area contributed by atoms with Crippen LogP contribution in [0.1, 0.15) is 23.6 Å². The molecule has 0 aliphatic heterocycles. The number of sulfonamides is 1. The number of rotatable bonds is 9. The van der Waals surface area contributed by atoms with Crippen molar-refractivity contribution >= 4 is 43.5 Å². The topological polar surface area (TPSA) is 86.8 Å². The van der Waals surface area contributed by atoms with Gasteiger partial charge in [-0.15, -0.1) is 0 Å². The highest BCUT2D eigenvalue weighted by atomic mass is 79.9. The van der Waals surface area contributed by atoms with Crippen LogP contribution in [0.15, 0.2) is 82.2 Å². The van der Waals surface area contributed by atoms with Gasteiger partial charge in [0.2, 0.25) is 11.8 Å². The van der Waals surface area contributed by atoms with Gasteiger partial charge >= 0.3 is 0 Å². The summed E-state index contributed by atoms with van der Waals surface area (Å²) < 4.78 is 29.3. The summed E-state index contributed by atoms with van der Waals surface area (Å²) in [4.78, 5) is 27.7. The normalized spacial score (nSPS) is 12.0. The van der Waals surface area contributed by atoms with E-state index in [9.17, 15) is 18.0 Å². The van der Waals surface area contributed by atoms with Crippen LogP contribution in [-0.4, -0.2) is 44.8 Å². The second-order valence-electron chi connectivity index (χ2n) is 8.60. The van der Waals surface area contributed by atoms with Gasteiger partial charge in [0.15, 0.2) is 0 Å². The van der Waals surface area contributed by atoms with Crippen LogP contribution < -0.4 is 9.62 Å². The van der Waals surface area contributed by atoms with Gasteiger partial charge in [-0.3, -0.25) is 13.9 Å². The second kappa shape index (κ2) is 11.7. The number of halogens is 1. The predicted octanol–water partition coefficient (Wildman–Crippen LogP) is 4.42. The number of nitrogens with one attached hydrogen (secondary N) is 1. The molecule has 0 fully saturated rings. The fourth-order valence-corrected chi connectivity index (χ4v) is 5.33. The molecule has 1 atom stereocenters. The molecule has 0 aliphatic carbocycles. The monoisotopic (exact) mass is 571 g/mol. The Balaban J connectivity index is 2.01. The van der Waals surface area contributed by atoms with Gasteiger partial charge in [0.25, 0.3) is 10.0 Å². The lowest BCUT2D eigenvalue weighted by Crippen LogP contribution is -2.50. The zero-order valence-corrected chi connectivity index (χ0v) is 23.1. The van der Waals surface area contributed by atoms with E-state index in [0.717, 1.165) is 25.5 Å². The number of carbonyl (C=O) groups is 2. The van der Waals surface area contributed by atoms with Gasteiger partial charge in [0.1, 0.15) is 12.6 Å². The van der Waals surface area contributed by atoms with E-state index in [-0.39, 0.29) is 17.3 Å². The summed E-state index contributed by atoms with van der Waals surface area (Å²) in [6.07, 6.45) is 0. The zero-order chi connectivity index (χ0) is 26.5. The molecule has 3 aromatic rings. The molecule has 7 nitrogen and oxygen atoms in total. The summed E-state index contributed by atoms with van der Waals surface area (Å²) in [6.45, 7) is 5.16. The average molecular weight is 573 g/mol. The maximum Gasteiger partial charge on any atom is 0.264 e. The Morgan fingerprint density at radius 2 is 1.42 bits per heavy atom. The van der Waals surface area contributed by atoms with Gasteiger partial charge in [-0.1, -0.05) is 63.5 Å². The van der Waals surface area contributed by atoms with Crippen molar-refractivity contribution in [2.45, 2.75) is 38.3 Å². The van der Waals surface area contributed by atoms with E-state index in [2.05, 4.69) is 21.2 Å². The third kappa shape index (κ3) is 6.53. The number of amides is 2. The summed E-state index contributed by atoms with van der Waals surface area (Å²) in [5, 5.41) is 2.58. The van der Waals surface area contributed by atoms with E-state index < -0.39 is 28.5 Å². The van der Waals surface area contributed by atoms with E-state index in [1.165, 1.54) is 24.1 Å². The summed E-state index contributed by atoms with van der Waals surface area (Å²) >= 11 is 3.37. The summed E-state index contributed by atoms with van der Waals surface area (Å²) in [7, 11) is -2.57. The smallest absolute Gasteiger partial charge is 0.264 e. The number of anilines is 1. The lowest BCUT2D eigenvalue weighted by atomic mass is 10.1. The molecule has 190 valence electrons. The second-order valence-corrected chi connectivity index (χ2v) is 11.4. The van der Waals surface area contributed by atoms with Gasteiger partial charge in [-0.2, -0.15) is 0 Å². The van der Waals surface area contributed by atoms with Crippen molar-refractivity contribution in [1.82, 2.24) is 10.2 Å². The van der Waals surface area contributed by atoms with Crippen molar-refractivity contribution in [3.8, 4) is 0 Å². The number of carbonyl (C=O) groups excluding carboxylic acids is 2. The Bertz CT molecular complexity index is 1310. The first-order valence-electron chi connectivity index (χ1n) is 11.4. The molecular formula is C27H30BrN3O4S. The predicted molar refractivity (Wildman–Crippen MR) is 145 cm³/mol. The Morgan fingerprint density at radius 1 is 0.889 bits per heavy atom. The van der Waals surface area contributed by atoms with Crippen molar-refractivity contribution in [3.05, 3.63) is 94.0 Å². The van der Waals surface area contributed by atoms with Crippen LogP contribution in [-0.2, 0) is 26.2 Å². The summed E-state index contributed by atoms with van der Waals surface area (Å²) in [5.74, 6) is -0.836. The first-order valence-corrected chi connectivity index (χ1v) is 13.7. The number of hydrogen-bond donors (Lipinski definition) is 1. The average Bonchev–Trinajstić information content (AvgIpc) is 2.86. The number of likely N-dealkylation sites (N-methyl/N-ethyl adjacent to an activating group) is 1. The van der Waals surface area contributed by atoms with Gasteiger partial charge in [0, 0.05) is 18.1 Å². The maximum atomic E-state index is 13.7. The quantitative estimate of drug-likeness (QED) is 0.411. The minimum Gasteiger partial charge on any atom is -0.357 e. The molecule has 0 heterocycles. The molecule has 0 aromatic heterocycles. The fourth-order valence-electron chi connectivity index (χ4n) is 3.66. The van der Waals surface area contributed by atoms with Crippen molar-refractivity contribution < 1.29 is 18.0 Å². The molecule has 1 N–H and O–H groups in total. The zero-order valence-electron chi connectivity index (χ0n) is 20.7. The molecule has 36 heavy (non-hydrogen) atoms. The third-order valence-electron chi connectivity index (χ3n) is 5.89. The molecule has 3 rings (SSSR count). The fraction of sp³-hybridized carbons (Fsp3) is 0.259. The Kier molecular flexibility index (Phi) is 8.92. The molecule has 0 spiro atoms. The van der Waals surface area contributed by atoms with Crippen molar-refractivity contribution in [1.29, 1.82) is 0 Å². The standard InChI is InChI=1S/C27H30BrN3O4S/c1-19-5-9-22(10-6-19)17-30(21(3)27(33)29-4)26(32)18-31(24-13-11-23(28)12-14-24)36(34,35)25-15-7-20(2)8-16-25/h5-16,21H,17-18H2,1-4H3,(H,29,33). The minimum absolute atomic E-state index is 0.0771. The molecule has 3 aromatic carbocycles. The highest BCUT2D eigenvalue weighted by Crippen LogP contribution is 2.26. The van der Waals surface area contributed by atoms with Crippen LogP contribution in [0, 0.1) is 13.8 Å². The maximum absolute atomic E-state index is 13.7. The van der Waals surface area contributed by atoms with Crippen LogP contribution in [0.5, 0.6) is 0 Å². The molecular weight excluding hydrogens is 542 g/mol. The highest BCUT2D eigenvalue weighted by molar-refractivity contribution is 9.10. The van der Waals surface area contributed by atoms with E-state index in [1.807, 2.05) is 38.1 Å². The molecule has 0 bridgehead atoms. The summed E-state index contributed by atoms with van der Waals surface area (Å²) in [5.41, 5.74) is 3.17. The Hall–Kier alpha value is -3.17. The van der Waals surface area contributed by atoms with Crippen molar-refractivity contribution in [2.24, 2.45) is 0 Å². The molecule has 0 saturated carbocycles. The van der Waals surface area contributed by atoms with Crippen molar-refractivity contribution in [2.75, 3.05) is 17.9 Å². The lowest BCUT2D eigenvalue weighted by Gasteiger charge is -2.31. The molecule has 0 saturated heterocycles. The van der Waals surface area contributed by atoms with Crippen LogP contribution in [0.4, 0.5) is 5.69 Å². The van der Waals surface area contributed by atoms with E-state index in [4.69, 9.17) is 0 Å². The van der Waals surface area contributed by atoms with Gasteiger partial charge in [0.05, 0.1) is 10.6 Å². The Morgan fingerprint density at radius 3 is 1.94 bits per heavy atom. The van der Waals surface area contributed by atoms with Crippen molar-refractivity contribution in [3.63, 3.8) is 0 Å². The van der Waals surface area contributed by atoms with Gasteiger partial charge in [-0.05, 0) is 62.7 Å².